The largest absolute Gasteiger partial charge is 0.349 e. The van der Waals surface area contributed by atoms with Gasteiger partial charge in [0.15, 0.2) is 0 Å². The molecular formula is C20H26N2O2. The lowest BCUT2D eigenvalue weighted by Crippen LogP contribution is -2.39. The van der Waals surface area contributed by atoms with Crippen LogP contribution < -0.4 is 5.32 Å². The van der Waals surface area contributed by atoms with E-state index in [2.05, 4.69) is 22.3 Å². The summed E-state index contributed by atoms with van der Waals surface area (Å²) < 4.78 is 0. The molecule has 1 aliphatic heterocycles. The molecule has 4 rings (SSSR count). The number of hydrogen-bond acceptors (Lipinski definition) is 2. The molecule has 2 saturated carbocycles. The van der Waals surface area contributed by atoms with Crippen molar-refractivity contribution in [1.82, 2.24) is 10.2 Å². The van der Waals surface area contributed by atoms with E-state index in [4.69, 9.17) is 0 Å². The fourth-order valence-corrected chi connectivity index (χ4v) is 3.57. The van der Waals surface area contributed by atoms with Crippen LogP contribution in [0.2, 0.25) is 0 Å². The van der Waals surface area contributed by atoms with Crippen molar-refractivity contribution in [2.45, 2.75) is 51.0 Å². The third kappa shape index (κ3) is 3.80. The van der Waals surface area contributed by atoms with Crippen LogP contribution in [-0.4, -0.2) is 35.8 Å². The van der Waals surface area contributed by atoms with Gasteiger partial charge in [-0.25, -0.2) is 0 Å². The summed E-state index contributed by atoms with van der Waals surface area (Å²) in [4.78, 5) is 26.2. The van der Waals surface area contributed by atoms with Gasteiger partial charge in [-0.15, -0.1) is 0 Å². The summed E-state index contributed by atoms with van der Waals surface area (Å²) in [6, 6.07) is 8.46. The van der Waals surface area contributed by atoms with Gasteiger partial charge >= 0.3 is 0 Å². The van der Waals surface area contributed by atoms with Crippen LogP contribution in [-0.2, 0) is 11.2 Å². The van der Waals surface area contributed by atoms with Gasteiger partial charge in [0.25, 0.3) is 5.91 Å². The number of nitrogens with zero attached hydrogens (tertiary/aromatic N) is 1. The number of hydrogen-bond donors (Lipinski definition) is 1. The molecule has 3 fully saturated rings. The van der Waals surface area contributed by atoms with Crippen molar-refractivity contribution >= 4 is 11.8 Å². The summed E-state index contributed by atoms with van der Waals surface area (Å²) in [5, 5.41) is 3.02. The predicted octanol–water partition coefficient (Wildman–Crippen LogP) is 2.77. The zero-order valence-electron chi connectivity index (χ0n) is 14.2. The van der Waals surface area contributed by atoms with Crippen molar-refractivity contribution in [1.29, 1.82) is 0 Å². The molecule has 1 N–H and O–H groups in total. The Morgan fingerprint density at radius 3 is 2.21 bits per heavy atom. The highest BCUT2D eigenvalue weighted by molar-refractivity contribution is 5.94. The highest BCUT2D eigenvalue weighted by atomic mass is 16.2. The molecule has 1 aromatic rings. The van der Waals surface area contributed by atoms with Gasteiger partial charge in [0.05, 0.1) is 0 Å². The fraction of sp³-hybridized carbons (Fsp3) is 0.600. The van der Waals surface area contributed by atoms with Gasteiger partial charge in [0.1, 0.15) is 0 Å². The van der Waals surface area contributed by atoms with Crippen LogP contribution in [0.5, 0.6) is 0 Å². The molecule has 1 heterocycles. The summed E-state index contributed by atoms with van der Waals surface area (Å²) >= 11 is 0. The molecular weight excluding hydrogens is 300 g/mol. The second kappa shape index (κ2) is 6.58. The van der Waals surface area contributed by atoms with Gasteiger partial charge < -0.3 is 10.2 Å². The Hall–Kier alpha value is -1.84. The quantitative estimate of drug-likeness (QED) is 0.904. The molecule has 24 heavy (non-hydrogen) atoms. The van der Waals surface area contributed by atoms with Crippen LogP contribution in [0.4, 0.5) is 0 Å². The molecule has 128 valence electrons. The monoisotopic (exact) mass is 326 g/mol. The van der Waals surface area contributed by atoms with Crippen LogP contribution in [0.1, 0.15) is 54.4 Å². The number of nitrogens with one attached hydrogen (secondary N) is 1. The summed E-state index contributed by atoms with van der Waals surface area (Å²) in [6.45, 7) is 1.84. The maximum absolute atomic E-state index is 12.1. The van der Waals surface area contributed by atoms with Crippen molar-refractivity contribution in [3.63, 3.8) is 0 Å². The second-order valence-electron chi connectivity index (χ2n) is 7.69. The topological polar surface area (TPSA) is 49.4 Å². The first-order valence-electron chi connectivity index (χ1n) is 9.37. The van der Waals surface area contributed by atoms with E-state index in [1.165, 1.54) is 5.56 Å². The number of carbonyl (C=O) groups is 2. The van der Waals surface area contributed by atoms with Crippen LogP contribution in [0.3, 0.4) is 0 Å². The average Bonchev–Trinajstić information content (AvgIpc) is 3.49. The Kier molecular flexibility index (Phi) is 4.30. The van der Waals surface area contributed by atoms with Crippen molar-refractivity contribution in [3.8, 4) is 0 Å². The number of carbonyl (C=O) groups excluding carboxylic acids is 2. The van der Waals surface area contributed by atoms with E-state index < -0.39 is 0 Å². The number of likely N-dealkylation sites (tertiary alicyclic amines) is 1. The molecule has 2 amide bonds. The van der Waals surface area contributed by atoms with Crippen molar-refractivity contribution in [2.24, 2.45) is 11.8 Å². The minimum absolute atomic E-state index is 0.0518. The van der Waals surface area contributed by atoms with Crippen LogP contribution in [0.15, 0.2) is 24.3 Å². The normalized spacial score (nSPS) is 21.6. The maximum Gasteiger partial charge on any atom is 0.251 e. The molecule has 0 unspecified atom stereocenters. The molecule has 0 bridgehead atoms. The smallest absolute Gasteiger partial charge is 0.251 e. The maximum atomic E-state index is 12.1. The van der Waals surface area contributed by atoms with E-state index >= 15 is 0 Å². The number of amides is 2. The molecule has 4 heteroatoms. The van der Waals surface area contributed by atoms with E-state index in [1.54, 1.807) is 0 Å². The van der Waals surface area contributed by atoms with Crippen LogP contribution >= 0.6 is 0 Å². The van der Waals surface area contributed by atoms with Gasteiger partial charge in [-0.1, -0.05) is 12.1 Å². The van der Waals surface area contributed by atoms with Crippen LogP contribution in [0.25, 0.3) is 0 Å². The Labute approximate surface area is 143 Å². The molecule has 3 aliphatic rings. The van der Waals surface area contributed by atoms with Gasteiger partial charge in [-0.2, -0.15) is 0 Å². The number of rotatable bonds is 5. The van der Waals surface area contributed by atoms with Gasteiger partial charge in [0.2, 0.25) is 5.91 Å². The van der Waals surface area contributed by atoms with E-state index in [0.717, 1.165) is 63.6 Å². The summed E-state index contributed by atoms with van der Waals surface area (Å²) in [6.07, 6.45) is 7.68. The zero-order chi connectivity index (χ0) is 16.5. The Morgan fingerprint density at radius 2 is 1.62 bits per heavy atom. The Bertz CT molecular complexity index is 609. The van der Waals surface area contributed by atoms with Gasteiger partial charge in [-0.3, -0.25) is 9.59 Å². The zero-order valence-corrected chi connectivity index (χ0v) is 14.2. The highest BCUT2D eigenvalue weighted by Gasteiger charge is 2.34. The number of benzene rings is 1. The Morgan fingerprint density at radius 1 is 0.958 bits per heavy atom. The van der Waals surface area contributed by atoms with Crippen molar-refractivity contribution < 1.29 is 9.59 Å². The molecule has 4 nitrogen and oxygen atoms in total. The molecule has 2 aliphatic carbocycles. The SMILES string of the molecule is O=C(NC1CC1)c1ccc(CC2CCN(C(=O)C3CC3)CC2)cc1. The minimum atomic E-state index is 0.0518. The first-order chi connectivity index (χ1) is 11.7. The molecule has 0 aromatic heterocycles. The van der Waals surface area contributed by atoms with Crippen molar-refractivity contribution in [3.05, 3.63) is 35.4 Å². The second-order valence-corrected chi connectivity index (χ2v) is 7.69. The molecule has 0 radical (unpaired) electrons. The standard InChI is InChI=1S/C20H26N2O2/c23-19(21-18-7-8-18)16-3-1-14(2-4-16)13-15-9-11-22(12-10-15)20(24)17-5-6-17/h1-4,15,17-18H,5-13H2,(H,21,23). The molecule has 1 aromatic carbocycles. The number of piperidine rings is 1. The van der Waals surface area contributed by atoms with E-state index in [1.807, 2.05) is 12.1 Å². The summed E-state index contributed by atoms with van der Waals surface area (Å²) in [5.74, 6) is 1.44. The van der Waals surface area contributed by atoms with Crippen LogP contribution in [0, 0.1) is 11.8 Å². The van der Waals surface area contributed by atoms with E-state index in [0.29, 0.717) is 23.8 Å². The average molecular weight is 326 g/mol. The Balaban J connectivity index is 1.26. The third-order valence-corrected chi connectivity index (χ3v) is 5.51. The van der Waals surface area contributed by atoms with Gasteiger partial charge in [-0.05, 0) is 68.6 Å². The highest BCUT2D eigenvalue weighted by Crippen LogP contribution is 2.33. The summed E-state index contributed by atoms with van der Waals surface area (Å²) in [5.41, 5.74) is 2.06. The molecule has 1 saturated heterocycles. The predicted molar refractivity (Wildman–Crippen MR) is 92.7 cm³/mol. The molecule has 0 atom stereocenters. The summed E-state index contributed by atoms with van der Waals surface area (Å²) in [7, 11) is 0. The minimum Gasteiger partial charge on any atom is -0.349 e. The lowest BCUT2D eigenvalue weighted by atomic mass is 9.89. The lowest BCUT2D eigenvalue weighted by molar-refractivity contribution is -0.133. The first-order valence-corrected chi connectivity index (χ1v) is 9.37. The third-order valence-electron chi connectivity index (χ3n) is 5.51. The van der Waals surface area contributed by atoms with Gasteiger partial charge in [0, 0.05) is 30.6 Å². The fourth-order valence-electron chi connectivity index (χ4n) is 3.57. The van der Waals surface area contributed by atoms with E-state index in [9.17, 15) is 9.59 Å². The van der Waals surface area contributed by atoms with E-state index in [-0.39, 0.29) is 5.91 Å². The first kappa shape index (κ1) is 15.7. The van der Waals surface area contributed by atoms with Crippen molar-refractivity contribution in [2.75, 3.05) is 13.1 Å². The lowest BCUT2D eigenvalue weighted by Gasteiger charge is -2.32. The molecule has 0 spiro atoms.